The highest BCUT2D eigenvalue weighted by molar-refractivity contribution is 5.89. The predicted octanol–water partition coefficient (Wildman–Crippen LogP) is 4.68. The normalized spacial score (nSPS) is 17.5. The molecule has 18 heavy (non-hydrogen) atoms. The van der Waals surface area contributed by atoms with Crippen molar-refractivity contribution in [2.24, 2.45) is 0 Å². The number of para-hydroxylation sites is 1. The molecule has 0 saturated carbocycles. The topological polar surface area (TPSA) is 3.24 Å². The lowest BCUT2D eigenvalue weighted by Gasteiger charge is -2.10. The highest BCUT2D eigenvalue weighted by atomic mass is 15.2. The molecule has 2 heterocycles. The van der Waals surface area contributed by atoms with Gasteiger partial charge in [0.25, 0.3) is 0 Å². The summed E-state index contributed by atoms with van der Waals surface area (Å²) in [5.74, 6) is 0. The van der Waals surface area contributed by atoms with E-state index in [4.69, 9.17) is 0 Å². The fourth-order valence-electron chi connectivity index (χ4n) is 2.60. The quantitative estimate of drug-likeness (QED) is 0.692. The van der Waals surface area contributed by atoms with Crippen molar-refractivity contribution < 1.29 is 0 Å². The van der Waals surface area contributed by atoms with Crippen LogP contribution in [-0.2, 0) is 6.42 Å². The molecule has 1 aromatic carbocycles. The molecule has 0 atom stereocenters. The van der Waals surface area contributed by atoms with Gasteiger partial charge in [-0.3, -0.25) is 0 Å². The Hall–Kier alpha value is -1.50. The van der Waals surface area contributed by atoms with E-state index in [0.29, 0.717) is 0 Å². The first kappa shape index (κ1) is 14.6. The zero-order valence-corrected chi connectivity index (χ0v) is 11.0. The number of benzene rings is 1. The summed E-state index contributed by atoms with van der Waals surface area (Å²) in [7, 11) is 0. The molecule has 0 spiro atoms. The SMILES string of the molecule is C.C/C=C\C=C1/CN2CCc3cccc1c32.CC. The number of anilines is 1. The molecule has 0 amide bonds. The molecule has 0 bridgehead atoms. The molecule has 2 aliphatic heterocycles. The van der Waals surface area contributed by atoms with Crippen molar-refractivity contribution in [3.63, 3.8) is 0 Å². The average molecular weight is 243 g/mol. The van der Waals surface area contributed by atoms with Crippen molar-refractivity contribution in [2.45, 2.75) is 34.6 Å². The van der Waals surface area contributed by atoms with Crippen molar-refractivity contribution in [1.82, 2.24) is 0 Å². The maximum Gasteiger partial charge on any atom is 0.0479 e. The van der Waals surface area contributed by atoms with Gasteiger partial charge in [-0.05, 0) is 24.5 Å². The Kier molecular flexibility index (Phi) is 5.21. The third-order valence-corrected chi connectivity index (χ3v) is 3.28. The van der Waals surface area contributed by atoms with Gasteiger partial charge in [-0.1, -0.05) is 57.7 Å². The largest absolute Gasteiger partial charge is 0.366 e. The summed E-state index contributed by atoms with van der Waals surface area (Å²) in [5.41, 5.74) is 5.93. The van der Waals surface area contributed by atoms with Crippen LogP contribution < -0.4 is 4.90 Å². The predicted molar refractivity (Wildman–Crippen MR) is 83.2 cm³/mol. The van der Waals surface area contributed by atoms with Crippen LogP contribution in [0.1, 0.15) is 39.3 Å². The Labute approximate surface area is 112 Å². The van der Waals surface area contributed by atoms with Crippen LogP contribution >= 0.6 is 0 Å². The number of hydrogen-bond donors (Lipinski definition) is 0. The standard InChI is InChI=1S/C14H15N.C2H6.CH4/c1-2-3-5-12-10-15-9-8-11-6-4-7-13(12)14(11)15;1-2;/h2-7H,8-10H2,1H3;1-2H3;1H4/b3-2-,12-5+;;. The highest BCUT2D eigenvalue weighted by Crippen LogP contribution is 2.41. The van der Waals surface area contributed by atoms with Crippen LogP contribution in [0.3, 0.4) is 0 Å². The van der Waals surface area contributed by atoms with Gasteiger partial charge in [0.15, 0.2) is 0 Å². The minimum absolute atomic E-state index is 0. The van der Waals surface area contributed by atoms with Crippen molar-refractivity contribution in [3.05, 3.63) is 47.6 Å². The zero-order chi connectivity index (χ0) is 12.3. The maximum atomic E-state index is 2.50. The second-order valence-electron chi connectivity index (χ2n) is 4.20. The van der Waals surface area contributed by atoms with Crippen LogP contribution in [0.25, 0.3) is 5.57 Å². The zero-order valence-electron chi connectivity index (χ0n) is 11.0. The molecule has 1 aromatic rings. The molecule has 0 aromatic heterocycles. The monoisotopic (exact) mass is 243 g/mol. The van der Waals surface area contributed by atoms with Gasteiger partial charge < -0.3 is 4.90 Å². The van der Waals surface area contributed by atoms with E-state index in [1.807, 2.05) is 13.8 Å². The van der Waals surface area contributed by atoms with E-state index in [9.17, 15) is 0 Å². The van der Waals surface area contributed by atoms with E-state index in [-0.39, 0.29) is 7.43 Å². The Bertz CT molecular complexity index is 455. The minimum atomic E-state index is 0. The molecule has 0 aliphatic carbocycles. The van der Waals surface area contributed by atoms with E-state index < -0.39 is 0 Å². The van der Waals surface area contributed by atoms with Crippen molar-refractivity contribution in [1.29, 1.82) is 0 Å². The van der Waals surface area contributed by atoms with E-state index in [2.05, 4.69) is 48.3 Å². The molecule has 0 radical (unpaired) electrons. The van der Waals surface area contributed by atoms with Crippen molar-refractivity contribution >= 4 is 11.3 Å². The third kappa shape index (κ3) is 2.35. The molecular formula is C17H25N. The van der Waals surface area contributed by atoms with E-state index >= 15 is 0 Å². The fourth-order valence-corrected chi connectivity index (χ4v) is 2.60. The van der Waals surface area contributed by atoms with Crippen molar-refractivity contribution in [3.8, 4) is 0 Å². The lowest BCUT2D eigenvalue weighted by atomic mass is 10.0. The molecule has 2 aliphatic rings. The summed E-state index contributed by atoms with van der Waals surface area (Å²) < 4.78 is 0. The molecule has 3 rings (SSSR count). The molecule has 0 unspecified atom stereocenters. The Morgan fingerprint density at radius 2 is 2.00 bits per heavy atom. The van der Waals surface area contributed by atoms with E-state index in [0.717, 1.165) is 6.54 Å². The van der Waals surface area contributed by atoms with Gasteiger partial charge in [0.2, 0.25) is 0 Å². The van der Waals surface area contributed by atoms with Gasteiger partial charge in [-0.2, -0.15) is 0 Å². The molecule has 0 fully saturated rings. The maximum absolute atomic E-state index is 2.50. The van der Waals surface area contributed by atoms with Gasteiger partial charge in [0.1, 0.15) is 0 Å². The average Bonchev–Trinajstić information content (AvgIpc) is 2.95. The van der Waals surface area contributed by atoms with Crippen LogP contribution in [0.5, 0.6) is 0 Å². The lowest BCUT2D eigenvalue weighted by molar-refractivity contribution is 0.926. The third-order valence-electron chi connectivity index (χ3n) is 3.28. The summed E-state index contributed by atoms with van der Waals surface area (Å²) in [6.07, 6.45) is 7.69. The van der Waals surface area contributed by atoms with Gasteiger partial charge >= 0.3 is 0 Å². The van der Waals surface area contributed by atoms with Gasteiger partial charge in [0.05, 0.1) is 0 Å². The fraction of sp³-hybridized carbons (Fsp3) is 0.412. The molecule has 0 saturated heterocycles. The van der Waals surface area contributed by atoms with E-state index in [1.165, 1.54) is 35.4 Å². The summed E-state index contributed by atoms with van der Waals surface area (Å²) >= 11 is 0. The van der Waals surface area contributed by atoms with Crippen LogP contribution in [0.4, 0.5) is 5.69 Å². The smallest absolute Gasteiger partial charge is 0.0479 e. The first-order chi connectivity index (χ1) is 8.40. The molecule has 1 heteroatoms. The molecule has 1 nitrogen and oxygen atoms in total. The van der Waals surface area contributed by atoms with Gasteiger partial charge in [-0.25, -0.2) is 0 Å². The number of nitrogens with zero attached hydrogens (tertiary/aromatic N) is 1. The molecular weight excluding hydrogens is 218 g/mol. The second kappa shape index (κ2) is 6.44. The summed E-state index contributed by atoms with van der Waals surface area (Å²) in [5, 5.41) is 0. The summed E-state index contributed by atoms with van der Waals surface area (Å²) in [4.78, 5) is 2.50. The number of rotatable bonds is 1. The van der Waals surface area contributed by atoms with Crippen LogP contribution in [0, 0.1) is 0 Å². The minimum Gasteiger partial charge on any atom is -0.366 e. The Morgan fingerprint density at radius 1 is 1.22 bits per heavy atom. The Morgan fingerprint density at radius 3 is 2.72 bits per heavy atom. The van der Waals surface area contributed by atoms with Gasteiger partial charge in [0, 0.05) is 24.3 Å². The highest BCUT2D eigenvalue weighted by Gasteiger charge is 2.29. The van der Waals surface area contributed by atoms with Gasteiger partial charge in [-0.15, -0.1) is 0 Å². The van der Waals surface area contributed by atoms with Crippen molar-refractivity contribution in [2.75, 3.05) is 18.0 Å². The first-order valence-corrected chi connectivity index (χ1v) is 6.59. The number of hydrogen-bond acceptors (Lipinski definition) is 1. The van der Waals surface area contributed by atoms with Crippen LogP contribution in [-0.4, -0.2) is 13.1 Å². The second-order valence-corrected chi connectivity index (χ2v) is 4.20. The first-order valence-electron chi connectivity index (χ1n) is 6.59. The lowest BCUT2D eigenvalue weighted by Crippen LogP contribution is -2.16. The molecule has 0 N–H and O–H groups in total. The molecule has 98 valence electrons. The van der Waals surface area contributed by atoms with Crippen LogP contribution in [0.15, 0.2) is 36.4 Å². The Balaban J connectivity index is 0.000000516. The van der Waals surface area contributed by atoms with E-state index in [1.54, 1.807) is 0 Å². The van der Waals surface area contributed by atoms with Crippen LogP contribution in [0.2, 0.25) is 0 Å². The summed E-state index contributed by atoms with van der Waals surface area (Å²) in [6, 6.07) is 6.70. The summed E-state index contributed by atoms with van der Waals surface area (Å²) in [6.45, 7) is 8.35. The number of allylic oxidation sites excluding steroid dienone is 3.